The zero-order chi connectivity index (χ0) is 17.5. The third-order valence-electron chi connectivity index (χ3n) is 3.58. The van der Waals surface area contributed by atoms with Gasteiger partial charge >= 0.3 is 0 Å². The van der Waals surface area contributed by atoms with E-state index in [-0.39, 0.29) is 12.4 Å². The van der Waals surface area contributed by atoms with Crippen LogP contribution in [0.5, 0.6) is 17.2 Å². The van der Waals surface area contributed by atoms with Gasteiger partial charge in [0, 0.05) is 24.1 Å². The van der Waals surface area contributed by atoms with Crippen LogP contribution in [0.3, 0.4) is 0 Å². The normalized spacial score (nSPS) is 11.6. The molecule has 0 unspecified atom stereocenters. The van der Waals surface area contributed by atoms with Crippen molar-refractivity contribution in [2.75, 3.05) is 14.2 Å². The maximum atomic E-state index is 12.7. The van der Waals surface area contributed by atoms with Gasteiger partial charge in [-0.05, 0) is 11.6 Å². The van der Waals surface area contributed by atoms with Crippen molar-refractivity contribution in [3.05, 3.63) is 53.6 Å². The largest absolute Gasteiger partial charge is 0.493 e. The van der Waals surface area contributed by atoms with Gasteiger partial charge in [0.25, 0.3) is 0 Å². The lowest BCUT2D eigenvalue weighted by molar-refractivity contribution is 0.127. The van der Waals surface area contributed by atoms with Gasteiger partial charge < -0.3 is 19.9 Å². The second-order valence-corrected chi connectivity index (χ2v) is 5.25. The Morgan fingerprint density at radius 1 is 0.960 bits per heavy atom. The Hall–Kier alpha value is -2.05. The smallest absolute Gasteiger partial charge is 0.240 e. The lowest BCUT2D eigenvalue weighted by Gasteiger charge is -2.19. The van der Waals surface area contributed by atoms with E-state index in [1.54, 1.807) is 12.1 Å². The van der Waals surface area contributed by atoms with Gasteiger partial charge in [0.1, 0.15) is 12.4 Å². The molecule has 0 aliphatic rings. The molecule has 4 nitrogen and oxygen atoms in total. The quantitative estimate of drug-likeness (QED) is 0.747. The SMILES string of the molecule is COc1cc(OCc2ccccc2)c([C@@H](N)CC(F)F)cc1OC.Cl. The van der Waals surface area contributed by atoms with Gasteiger partial charge in [0.05, 0.1) is 14.2 Å². The Kier molecular flexibility index (Phi) is 8.45. The number of methoxy groups -OCH3 is 2. The number of hydrogen-bond acceptors (Lipinski definition) is 4. The highest BCUT2D eigenvalue weighted by atomic mass is 35.5. The monoisotopic (exact) mass is 373 g/mol. The molecule has 0 fully saturated rings. The lowest BCUT2D eigenvalue weighted by atomic mass is 10.0. The van der Waals surface area contributed by atoms with Crippen LogP contribution >= 0.6 is 12.4 Å². The van der Waals surface area contributed by atoms with E-state index in [0.29, 0.717) is 29.4 Å². The maximum absolute atomic E-state index is 12.7. The van der Waals surface area contributed by atoms with Crippen molar-refractivity contribution in [2.45, 2.75) is 25.5 Å². The third kappa shape index (κ3) is 5.76. The molecule has 0 heterocycles. The molecule has 0 aliphatic heterocycles. The van der Waals surface area contributed by atoms with Crippen molar-refractivity contribution < 1.29 is 23.0 Å². The average molecular weight is 374 g/mol. The topological polar surface area (TPSA) is 53.7 Å². The molecule has 7 heteroatoms. The molecule has 0 saturated carbocycles. The van der Waals surface area contributed by atoms with Gasteiger partial charge in [0.2, 0.25) is 6.43 Å². The van der Waals surface area contributed by atoms with Gasteiger partial charge in [-0.3, -0.25) is 0 Å². The number of alkyl halides is 2. The molecule has 2 rings (SSSR count). The van der Waals surface area contributed by atoms with Gasteiger partial charge in [-0.15, -0.1) is 12.4 Å². The fraction of sp³-hybridized carbons (Fsp3) is 0.333. The molecule has 0 spiro atoms. The van der Waals surface area contributed by atoms with Gasteiger partial charge in [-0.25, -0.2) is 8.78 Å². The fourth-order valence-electron chi connectivity index (χ4n) is 2.35. The standard InChI is InChI=1S/C18H21F2NO3.ClH/c1-22-16-8-13(14(21)9-18(19)20)15(10-17(16)23-2)24-11-12-6-4-3-5-7-12;/h3-8,10,14,18H,9,11,21H2,1-2H3;1H/t14-;/m0./s1. The Morgan fingerprint density at radius 2 is 1.56 bits per heavy atom. The molecule has 138 valence electrons. The summed E-state index contributed by atoms with van der Waals surface area (Å²) in [6.45, 7) is 0.296. The van der Waals surface area contributed by atoms with E-state index >= 15 is 0 Å². The first-order chi connectivity index (χ1) is 11.5. The molecular weight excluding hydrogens is 352 g/mol. The minimum absolute atomic E-state index is 0. The lowest BCUT2D eigenvalue weighted by Crippen LogP contribution is -2.16. The van der Waals surface area contributed by atoms with Gasteiger partial charge in [-0.1, -0.05) is 30.3 Å². The first kappa shape index (κ1) is 21.0. The molecule has 2 aromatic rings. The van der Waals surface area contributed by atoms with Crippen LogP contribution in [0.2, 0.25) is 0 Å². The predicted molar refractivity (Wildman–Crippen MR) is 95.1 cm³/mol. The summed E-state index contributed by atoms with van der Waals surface area (Å²) in [5.41, 5.74) is 7.35. The highest BCUT2D eigenvalue weighted by Gasteiger charge is 2.20. The number of nitrogens with two attached hydrogens (primary N) is 1. The number of benzene rings is 2. The summed E-state index contributed by atoms with van der Waals surface area (Å²) in [4.78, 5) is 0. The Labute approximate surface area is 152 Å². The first-order valence-corrected chi connectivity index (χ1v) is 7.51. The van der Waals surface area contributed by atoms with Crippen molar-refractivity contribution in [1.29, 1.82) is 0 Å². The van der Waals surface area contributed by atoms with Crippen molar-refractivity contribution >= 4 is 12.4 Å². The van der Waals surface area contributed by atoms with E-state index in [1.807, 2.05) is 30.3 Å². The molecule has 0 aliphatic carbocycles. The van der Waals surface area contributed by atoms with E-state index in [4.69, 9.17) is 19.9 Å². The minimum atomic E-state index is -2.50. The molecule has 25 heavy (non-hydrogen) atoms. The van der Waals surface area contributed by atoms with Crippen molar-refractivity contribution in [3.63, 3.8) is 0 Å². The Balaban J connectivity index is 0.00000312. The summed E-state index contributed by atoms with van der Waals surface area (Å²) >= 11 is 0. The van der Waals surface area contributed by atoms with Crippen LogP contribution in [-0.2, 0) is 6.61 Å². The number of rotatable bonds is 8. The first-order valence-electron chi connectivity index (χ1n) is 7.51. The molecule has 2 N–H and O–H groups in total. The van der Waals surface area contributed by atoms with Crippen LogP contribution in [-0.4, -0.2) is 20.6 Å². The third-order valence-corrected chi connectivity index (χ3v) is 3.58. The zero-order valence-corrected chi connectivity index (χ0v) is 14.9. The maximum Gasteiger partial charge on any atom is 0.240 e. The molecule has 2 aromatic carbocycles. The molecular formula is C18H22ClF2NO3. The van der Waals surface area contributed by atoms with Crippen LogP contribution in [0, 0.1) is 0 Å². The summed E-state index contributed by atoms with van der Waals surface area (Å²) in [5.74, 6) is 1.28. The second kappa shape index (κ2) is 10.1. The van der Waals surface area contributed by atoms with Crippen LogP contribution in [0.15, 0.2) is 42.5 Å². The summed E-state index contributed by atoms with van der Waals surface area (Å²) in [5, 5.41) is 0. The van der Waals surface area contributed by atoms with E-state index in [9.17, 15) is 8.78 Å². The number of ether oxygens (including phenoxy) is 3. The van der Waals surface area contributed by atoms with Crippen molar-refractivity contribution in [2.24, 2.45) is 5.73 Å². The van der Waals surface area contributed by atoms with E-state index in [0.717, 1.165) is 5.56 Å². The second-order valence-electron chi connectivity index (χ2n) is 5.25. The summed E-state index contributed by atoms with van der Waals surface area (Å²) in [7, 11) is 2.97. The van der Waals surface area contributed by atoms with Crippen LogP contribution < -0.4 is 19.9 Å². The van der Waals surface area contributed by atoms with E-state index in [2.05, 4.69) is 0 Å². The van der Waals surface area contributed by atoms with E-state index < -0.39 is 18.9 Å². The minimum Gasteiger partial charge on any atom is -0.493 e. The van der Waals surface area contributed by atoms with Crippen LogP contribution in [0.1, 0.15) is 23.6 Å². The van der Waals surface area contributed by atoms with Crippen molar-refractivity contribution in [3.8, 4) is 17.2 Å². The highest BCUT2D eigenvalue weighted by molar-refractivity contribution is 5.85. The Bertz CT molecular complexity index is 656. The average Bonchev–Trinajstić information content (AvgIpc) is 2.59. The highest BCUT2D eigenvalue weighted by Crippen LogP contribution is 2.38. The Morgan fingerprint density at radius 3 is 2.12 bits per heavy atom. The molecule has 0 saturated heterocycles. The van der Waals surface area contributed by atoms with E-state index in [1.165, 1.54) is 14.2 Å². The number of hydrogen-bond donors (Lipinski definition) is 1. The number of halogens is 3. The van der Waals surface area contributed by atoms with Crippen LogP contribution in [0.25, 0.3) is 0 Å². The van der Waals surface area contributed by atoms with Gasteiger partial charge in [-0.2, -0.15) is 0 Å². The molecule has 0 amide bonds. The zero-order valence-electron chi connectivity index (χ0n) is 14.1. The van der Waals surface area contributed by atoms with Crippen molar-refractivity contribution in [1.82, 2.24) is 0 Å². The predicted octanol–water partition coefficient (Wildman–Crippen LogP) is 4.36. The molecule has 0 aromatic heterocycles. The summed E-state index contributed by atoms with van der Waals surface area (Å²) < 4.78 is 41.7. The molecule has 0 radical (unpaired) electrons. The van der Waals surface area contributed by atoms with Gasteiger partial charge in [0.15, 0.2) is 11.5 Å². The summed E-state index contributed by atoms with van der Waals surface area (Å²) in [6, 6.07) is 11.9. The summed E-state index contributed by atoms with van der Waals surface area (Å²) in [6.07, 6.45) is -2.97. The molecule has 1 atom stereocenters. The molecule has 0 bridgehead atoms. The van der Waals surface area contributed by atoms with Crippen LogP contribution in [0.4, 0.5) is 8.78 Å². The fourth-order valence-corrected chi connectivity index (χ4v) is 2.35.